The van der Waals surface area contributed by atoms with Crippen molar-refractivity contribution in [1.29, 1.82) is 0 Å². The predicted octanol–water partition coefficient (Wildman–Crippen LogP) is -0.336. The number of rotatable bonds is 8. The number of ketones is 2. The van der Waals surface area contributed by atoms with Gasteiger partial charge in [-0.2, -0.15) is 0 Å². The van der Waals surface area contributed by atoms with Crippen molar-refractivity contribution >= 4 is 17.5 Å². The number of aliphatic hydroxyl groups is 5. The number of carbonyl (C=O) groups is 3. The third-order valence-electron chi connectivity index (χ3n) is 10.8. The Morgan fingerprint density at radius 2 is 1.73 bits per heavy atom. The number of amides is 1. The number of carbonyl (C=O) groups excluding carboxylic acids is 3. The molecule has 230 valence electrons. The van der Waals surface area contributed by atoms with E-state index < -0.39 is 65.0 Å². The van der Waals surface area contributed by atoms with E-state index >= 15 is 0 Å². The summed E-state index contributed by atoms with van der Waals surface area (Å²) in [5.74, 6) is -5.63. The number of nitrogens with two attached hydrogens (primary N) is 1. The minimum absolute atomic E-state index is 0.0898. The lowest BCUT2D eigenvalue weighted by Gasteiger charge is -2.57. The van der Waals surface area contributed by atoms with Gasteiger partial charge in [-0.1, -0.05) is 0 Å². The zero-order chi connectivity index (χ0) is 29.6. The molecule has 1 amide bonds. The number of allylic oxidation sites excluding steroid dienone is 1. The van der Waals surface area contributed by atoms with Crippen LogP contribution in [0.4, 0.5) is 0 Å². The Morgan fingerprint density at radius 3 is 2.39 bits per heavy atom. The molecule has 12 heteroatoms. The molecule has 0 spiro atoms. The van der Waals surface area contributed by atoms with Crippen LogP contribution in [0.3, 0.4) is 0 Å². The maximum absolute atomic E-state index is 14.0. The van der Waals surface area contributed by atoms with E-state index in [4.69, 9.17) is 15.2 Å². The Bertz CT molecular complexity index is 1060. The highest BCUT2D eigenvalue weighted by Gasteiger charge is 2.66. The Kier molecular flexibility index (Phi) is 8.92. The molecule has 8 N–H and O–H groups in total. The van der Waals surface area contributed by atoms with Crippen LogP contribution in [0, 0.1) is 41.4 Å². The largest absolute Gasteiger partial charge is 0.511 e. The predicted molar refractivity (Wildman–Crippen MR) is 143 cm³/mol. The molecular formula is C29H44N2O10. The van der Waals surface area contributed by atoms with Crippen LogP contribution in [0.25, 0.3) is 0 Å². The number of ether oxygens (including phenoxy) is 2. The van der Waals surface area contributed by atoms with Crippen molar-refractivity contribution in [3.8, 4) is 0 Å². The zero-order valence-electron chi connectivity index (χ0n) is 23.5. The van der Waals surface area contributed by atoms with Gasteiger partial charge in [-0.05, 0) is 75.0 Å². The summed E-state index contributed by atoms with van der Waals surface area (Å²) in [6.07, 6.45) is 1.67. The number of hydrogen-bond acceptors (Lipinski definition) is 11. The van der Waals surface area contributed by atoms with Gasteiger partial charge in [0, 0.05) is 31.4 Å². The van der Waals surface area contributed by atoms with Crippen molar-refractivity contribution in [3.63, 3.8) is 0 Å². The number of Topliss-reactive ketones (excluding diaryl/α,β-unsaturated/α-hetero) is 2. The fraction of sp³-hybridized carbons (Fsp3) is 0.828. The van der Waals surface area contributed by atoms with Crippen LogP contribution in [-0.2, 0) is 23.9 Å². The molecule has 0 aromatic heterocycles. The van der Waals surface area contributed by atoms with Gasteiger partial charge < -0.3 is 40.7 Å². The van der Waals surface area contributed by atoms with Gasteiger partial charge in [0.1, 0.15) is 23.2 Å². The summed E-state index contributed by atoms with van der Waals surface area (Å²) < 4.78 is 10.2. The smallest absolute Gasteiger partial charge is 0.255 e. The quantitative estimate of drug-likeness (QED) is 0.112. The standard InChI is InChI=1S/C29H44N2O10/c1-40-8-9-41-28(38)31-16-4-2-13(3-5-16)17-6-7-19(32)22-18(17)11-14-10-15-12-20(33)23(27(30)37)26(36)29(15,39)25(35)21(14)24(22)34/h13-19,21-22,25,28,31-33,35,38-39H,2-12H2,1H3,(H2,30,37)/t13?,14-,15+,16?,17?,18?,19?,21?,22?,25?,28?,29+/m1/s1. The number of nitrogens with one attached hydrogen (secondary N) is 1. The van der Waals surface area contributed by atoms with Gasteiger partial charge in [-0.15, -0.1) is 0 Å². The summed E-state index contributed by atoms with van der Waals surface area (Å²) in [6.45, 7) is 0.675. The first-order chi connectivity index (χ1) is 19.5. The molecule has 0 heterocycles. The van der Waals surface area contributed by atoms with Crippen molar-refractivity contribution in [1.82, 2.24) is 5.32 Å². The lowest BCUT2D eigenvalue weighted by atomic mass is 9.48. The topological polar surface area (TPSA) is 209 Å². The first-order valence-corrected chi connectivity index (χ1v) is 14.9. The minimum Gasteiger partial charge on any atom is -0.511 e. The van der Waals surface area contributed by atoms with Gasteiger partial charge >= 0.3 is 0 Å². The lowest BCUT2D eigenvalue weighted by molar-refractivity contribution is -0.202. The highest BCUT2D eigenvalue weighted by molar-refractivity contribution is 6.23. The summed E-state index contributed by atoms with van der Waals surface area (Å²) in [4.78, 5) is 39.0. The highest BCUT2D eigenvalue weighted by Crippen LogP contribution is 2.57. The molecule has 5 rings (SSSR count). The average Bonchev–Trinajstić information content (AvgIpc) is 2.91. The molecule has 4 fully saturated rings. The second-order valence-electron chi connectivity index (χ2n) is 12.8. The third kappa shape index (κ3) is 5.37. The maximum atomic E-state index is 14.0. The van der Waals surface area contributed by atoms with Crippen LogP contribution >= 0.6 is 0 Å². The maximum Gasteiger partial charge on any atom is 0.255 e. The van der Waals surface area contributed by atoms with Gasteiger partial charge in [-0.25, -0.2) is 0 Å². The summed E-state index contributed by atoms with van der Waals surface area (Å²) in [7, 11) is 1.57. The van der Waals surface area contributed by atoms with E-state index in [2.05, 4.69) is 5.32 Å². The van der Waals surface area contributed by atoms with E-state index in [1.807, 2.05) is 0 Å². The van der Waals surface area contributed by atoms with Crippen molar-refractivity contribution < 1.29 is 49.4 Å². The molecule has 0 radical (unpaired) electrons. The minimum atomic E-state index is -2.40. The molecular weight excluding hydrogens is 536 g/mol. The molecule has 0 bridgehead atoms. The molecule has 0 aromatic carbocycles. The Balaban J connectivity index is 1.30. The van der Waals surface area contributed by atoms with E-state index in [0.29, 0.717) is 25.4 Å². The molecule has 7 unspecified atom stereocenters. The Morgan fingerprint density at radius 1 is 1.02 bits per heavy atom. The van der Waals surface area contributed by atoms with Gasteiger partial charge in [0.2, 0.25) is 12.2 Å². The zero-order valence-corrected chi connectivity index (χ0v) is 23.5. The molecule has 5 aliphatic carbocycles. The SMILES string of the molecule is COCCOC(O)NC1CCC(C2CCC(O)C3C(=O)C4C(O)[C@]5(O)C(=O)C(C(N)=O)=C(O)C[C@@H]5C[C@@H]4CC23)CC1. The first-order valence-electron chi connectivity index (χ1n) is 14.9. The monoisotopic (exact) mass is 580 g/mol. The van der Waals surface area contributed by atoms with E-state index in [-0.39, 0.29) is 49.0 Å². The molecule has 12 nitrogen and oxygen atoms in total. The summed E-state index contributed by atoms with van der Waals surface area (Å²) in [5.41, 5.74) is 2.16. The van der Waals surface area contributed by atoms with Gasteiger partial charge in [0.05, 0.1) is 25.2 Å². The third-order valence-corrected chi connectivity index (χ3v) is 10.8. The van der Waals surface area contributed by atoms with Crippen LogP contribution in [0.15, 0.2) is 11.3 Å². The molecule has 4 saturated carbocycles. The van der Waals surface area contributed by atoms with Crippen LogP contribution < -0.4 is 11.1 Å². The normalized spacial score (nSPS) is 43.6. The number of hydrogen-bond donors (Lipinski definition) is 7. The number of aliphatic hydroxyl groups excluding tert-OH is 4. The molecule has 41 heavy (non-hydrogen) atoms. The second kappa shape index (κ2) is 12.0. The number of fused-ring (bicyclic) bond motifs is 3. The van der Waals surface area contributed by atoms with Crippen molar-refractivity contribution in [2.75, 3.05) is 20.3 Å². The summed E-state index contributed by atoms with van der Waals surface area (Å²) in [6, 6.07) is 0.104. The Hall–Kier alpha value is -1.93. The van der Waals surface area contributed by atoms with Crippen LogP contribution in [-0.4, -0.2) is 93.6 Å². The van der Waals surface area contributed by atoms with Crippen molar-refractivity contribution in [2.45, 2.75) is 88.1 Å². The number of methoxy groups -OCH3 is 1. The lowest BCUT2D eigenvalue weighted by Crippen LogP contribution is -2.69. The molecule has 10 atom stereocenters. The molecule has 0 saturated heterocycles. The van der Waals surface area contributed by atoms with Crippen LogP contribution in [0.2, 0.25) is 0 Å². The summed E-state index contributed by atoms with van der Waals surface area (Å²) >= 11 is 0. The summed E-state index contributed by atoms with van der Waals surface area (Å²) in [5, 5.41) is 57.5. The second-order valence-corrected chi connectivity index (χ2v) is 12.8. The first kappa shape index (κ1) is 30.5. The fourth-order valence-electron chi connectivity index (χ4n) is 8.97. The van der Waals surface area contributed by atoms with Gasteiger partial charge in [0.25, 0.3) is 5.91 Å². The van der Waals surface area contributed by atoms with Gasteiger partial charge in [-0.3, -0.25) is 19.7 Å². The van der Waals surface area contributed by atoms with Crippen molar-refractivity contribution in [2.24, 2.45) is 47.2 Å². The van der Waals surface area contributed by atoms with Crippen LogP contribution in [0.1, 0.15) is 57.8 Å². The Labute approximate surface area is 239 Å². The van der Waals surface area contributed by atoms with Gasteiger partial charge in [0.15, 0.2) is 5.60 Å². The average molecular weight is 581 g/mol. The fourth-order valence-corrected chi connectivity index (χ4v) is 8.97. The van der Waals surface area contributed by atoms with E-state index in [1.54, 1.807) is 7.11 Å². The van der Waals surface area contributed by atoms with E-state index in [9.17, 15) is 39.9 Å². The van der Waals surface area contributed by atoms with Crippen LogP contribution in [0.5, 0.6) is 0 Å². The number of primary amides is 1. The molecule has 0 aromatic rings. The molecule has 5 aliphatic rings. The van der Waals surface area contributed by atoms with E-state index in [0.717, 1.165) is 32.1 Å². The van der Waals surface area contributed by atoms with E-state index in [1.165, 1.54) is 0 Å². The van der Waals surface area contributed by atoms with Crippen molar-refractivity contribution in [3.05, 3.63) is 11.3 Å². The molecule has 0 aliphatic heterocycles. The highest BCUT2D eigenvalue weighted by atomic mass is 16.6.